The summed E-state index contributed by atoms with van der Waals surface area (Å²) in [5, 5.41) is 69.7. The first-order valence-corrected chi connectivity index (χ1v) is 9.72. The summed E-state index contributed by atoms with van der Waals surface area (Å²) >= 11 is 0. The molecule has 1 saturated heterocycles. The average molecular weight is 450 g/mol. The molecule has 0 aliphatic carbocycles. The van der Waals surface area contributed by atoms with Crippen molar-refractivity contribution in [3.05, 3.63) is 41.5 Å². The van der Waals surface area contributed by atoms with Crippen LogP contribution in [0.15, 0.2) is 30.3 Å². The molecule has 0 bridgehead atoms. The second-order valence-corrected chi connectivity index (χ2v) is 7.73. The standard InChI is InChI=1S/C21H22O11/c1-7-15(26)17(28)18(29)21(30-7)32-20-16(27)14-12(25)5-9(22)6-13(14)31-19(20)8-2-3-10(23)11(24)4-8/h2-7,15,17-26,28-29H,1H3/t7-,15-,17+,18+,19-,20-,21-/m1/s1. The van der Waals surface area contributed by atoms with Gasteiger partial charge in [0.1, 0.15) is 41.1 Å². The highest BCUT2D eigenvalue weighted by Gasteiger charge is 2.48. The number of ketones is 1. The van der Waals surface area contributed by atoms with Gasteiger partial charge < -0.3 is 50.0 Å². The molecule has 32 heavy (non-hydrogen) atoms. The van der Waals surface area contributed by atoms with E-state index in [9.17, 15) is 40.5 Å². The minimum absolute atomic E-state index is 0.154. The molecule has 1 fully saturated rings. The maximum Gasteiger partial charge on any atom is 0.203 e. The number of phenols is 4. The normalized spacial score (nSPS) is 32.2. The fourth-order valence-corrected chi connectivity index (χ4v) is 3.77. The molecule has 0 aromatic heterocycles. The Labute approximate surface area is 181 Å². The molecule has 0 saturated carbocycles. The zero-order valence-corrected chi connectivity index (χ0v) is 16.7. The minimum atomic E-state index is -1.71. The van der Waals surface area contributed by atoms with E-state index in [1.54, 1.807) is 0 Å². The van der Waals surface area contributed by atoms with Crippen LogP contribution >= 0.6 is 0 Å². The van der Waals surface area contributed by atoms with Crippen LogP contribution in [0.4, 0.5) is 0 Å². The SMILES string of the molecule is C[C@H]1O[C@H](O[C@@H]2C(=O)c3c(O)cc(O)cc3O[C@@H]2c2ccc(O)c(O)c2)[C@@H](O)[C@@H](O)[C@@H]1O. The Hall–Kier alpha value is -3.09. The van der Waals surface area contributed by atoms with Crippen LogP contribution in [0.2, 0.25) is 0 Å². The van der Waals surface area contributed by atoms with Crippen molar-refractivity contribution in [1.29, 1.82) is 0 Å². The number of aliphatic hydroxyl groups is 3. The Morgan fingerprint density at radius 1 is 0.875 bits per heavy atom. The summed E-state index contributed by atoms with van der Waals surface area (Å²) in [7, 11) is 0. The molecule has 0 radical (unpaired) electrons. The van der Waals surface area contributed by atoms with Gasteiger partial charge in [-0.1, -0.05) is 6.07 Å². The number of hydrogen-bond donors (Lipinski definition) is 7. The second-order valence-electron chi connectivity index (χ2n) is 7.73. The van der Waals surface area contributed by atoms with Crippen LogP contribution in [-0.4, -0.2) is 78.3 Å². The van der Waals surface area contributed by atoms with Crippen molar-refractivity contribution in [3.63, 3.8) is 0 Å². The Balaban J connectivity index is 1.75. The van der Waals surface area contributed by atoms with Gasteiger partial charge in [-0.15, -0.1) is 0 Å². The molecule has 4 rings (SSSR count). The van der Waals surface area contributed by atoms with Crippen molar-refractivity contribution in [2.45, 2.75) is 49.8 Å². The monoisotopic (exact) mass is 450 g/mol. The number of phenolic OH excluding ortho intramolecular Hbond substituents is 4. The number of Topliss-reactive ketones (excluding diaryl/α,β-unsaturated/α-hetero) is 1. The summed E-state index contributed by atoms with van der Waals surface area (Å²) < 4.78 is 16.9. The lowest BCUT2D eigenvalue weighted by atomic mass is 9.92. The van der Waals surface area contributed by atoms with Crippen LogP contribution in [0, 0.1) is 0 Å². The lowest BCUT2D eigenvalue weighted by Crippen LogP contribution is -2.59. The van der Waals surface area contributed by atoms with Gasteiger partial charge in [-0.05, 0) is 24.6 Å². The van der Waals surface area contributed by atoms with Crippen molar-refractivity contribution in [3.8, 4) is 28.7 Å². The molecule has 2 aromatic rings. The van der Waals surface area contributed by atoms with E-state index >= 15 is 0 Å². The second kappa shape index (κ2) is 8.11. The Bertz CT molecular complexity index is 1040. The molecule has 7 N–H and O–H groups in total. The first-order valence-electron chi connectivity index (χ1n) is 9.72. The van der Waals surface area contributed by atoms with E-state index in [0.29, 0.717) is 0 Å². The third-order valence-corrected chi connectivity index (χ3v) is 5.52. The van der Waals surface area contributed by atoms with E-state index in [4.69, 9.17) is 14.2 Å². The highest BCUT2D eigenvalue weighted by Crippen LogP contribution is 2.44. The molecule has 7 atom stereocenters. The summed E-state index contributed by atoms with van der Waals surface area (Å²) in [5.41, 5.74) is -0.1000. The average Bonchev–Trinajstić information content (AvgIpc) is 2.73. The molecule has 2 aliphatic rings. The third kappa shape index (κ3) is 3.70. The highest BCUT2D eigenvalue weighted by molar-refractivity contribution is 6.05. The molecule has 0 spiro atoms. The first kappa shape index (κ1) is 22.1. The van der Waals surface area contributed by atoms with Crippen molar-refractivity contribution < 1.29 is 54.8 Å². The van der Waals surface area contributed by atoms with E-state index in [1.165, 1.54) is 19.1 Å². The van der Waals surface area contributed by atoms with E-state index in [1.807, 2.05) is 0 Å². The number of carbonyl (C=O) groups is 1. The lowest BCUT2D eigenvalue weighted by Gasteiger charge is -2.42. The van der Waals surface area contributed by atoms with Crippen molar-refractivity contribution in [2.75, 3.05) is 0 Å². The van der Waals surface area contributed by atoms with E-state index in [-0.39, 0.29) is 22.6 Å². The van der Waals surface area contributed by atoms with Gasteiger partial charge in [-0.2, -0.15) is 0 Å². The maximum atomic E-state index is 13.3. The number of benzene rings is 2. The zero-order valence-electron chi connectivity index (χ0n) is 16.7. The summed E-state index contributed by atoms with van der Waals surface area (Å²) in [6, 6.07) is 5.72. The van der Waals surface area contributed by atoms with Gasteiger partial charge in [0, 0.05) is 12.1 Å². The fraction of sp³-hybridized carbons (Fsp3) is 0.381. The summed E-state index contributed by atoms with van der Waals surface area (Å²) in [5.74, 6) is -2.79. The summed E-state index contributed by atoms with van der Waals surface area (Å²) in [6.45, 7) is 1.44. The molecule has 2 aromatic carbocycles. The van der Waals surface area contributed by atoms with Crippen LogP contribution in [0.1, 0.15) is 28.9 Å². The van der Waals surface area contributed by atoms with Gasteiger partial charge in [0.05, 0.1) is 6.10 Å². The number of fused-ring (bicyclic) bond motifs is 1. The number of carbonyl (C=O) groups excluding carboxylic acids is 1. The van der Waals surface area contributed by atoms with Gasteiger partial charge in [0.2, 0.25) is 5.78 Å². The van der Waals surface area contributed by atoms with E-state index < -0.39 is 65.9 Å². The predicted molar refractivity (Wildman–Crippen MR) is 104 cm³/mol. The van der Waals surface area contributed by atoms with Crippen LogP contribution in [-0.2, 0) is 9.47 Å². The van der Waals surface area contributed by atoms with Crippen LogP contribution < -0.4 is 4.74 Å². The Kier molecular flexibility index (Phi) is 5.61. The summed E-state index contributed by atoms with van der Waals surface area (Å²) in [6.07, 6.45) is -10.0. The van der Waals surface area contributed by atoms with Crippen molar-refractivity contribution >= 4 is 5.78 Å². The molecule has 2 aliphatic heterocycles. The molecular formula is C21H22O11. The summed E-state index contributed by atoms with van der Waals surface area (Å²) in [4.78, 5) is 13.3. The lowest BCUT2D eigenvalue weighted by molar-refractivity contribution is -0.304. The van der Waals surface area contributed by atoms with Gasteiger partial charge in [0.15, 0.2) is 30.0 Å². The minimum Gasteiger partial charge on any atom is -0.508 e. The van der Waals surface area contributed by atoms with Crippen molar-refractivity contribution in [2.24, 2.45) is 0 Å². The quantitative estimate of drug-likeness (QED) is 0.313. The van der Waals surface area contributed by atoms with Gasteiger partial charge in [-0.25, -0.2) is 0 Å². The van der Waals surface area contributed by atoms with Crippen LogP contribution in [0.3, 0.4) is 0 Å². The zero-order chi connectivity index (χ0) is 23.3. The largest absolute Gasteiger partial charge is 0.508 e. The number of ether oxygens (including phenoxy) is 3. The van der Waals surface area contributed by atoms with Gasteiger partial charge in [0.25, 0.3) is 0 Å². The van der Waals surface area contributed by atoms with Gasteiger partial charge in [-0.3, -0.25) is 4.79 Å². The molecule has 2 heterocycles. The van der Waals surface area contributed by atoms with Crippen LogP contribution in [0.5, 0.6) is 28.7 Å². The van der Waals surface area contributed by atoms with E-state index in [2.05, 4.69) is 0 Å². The third-order valence-electron chi connectivity index (χ3n) is 5.52. The maximum absolute atomic E-state index is 13.3. The van der Waals surface area contributed by atoms with Gasteiger partial charge >= 0.3 is 0 Å². The molecule has 0 amide bonds. The molecule has 11 nitrogen and oxygen atoms in total. The van der Waals surface area contributed by atoms with E-state index in [0.717, 1.165) is 18.2 Å². The molecule has 172 valence electrons. The molecule has 0 unspecified atom stereocenters. The van der Waals surface area contributed by atoms with Crippen LogP contribution in [0.25, 0.3) is 0 Å². The smallest absolute Gasteiger partial charge is 0.203 e. The number of aromatic hydroxyl groups is 4. The highest BCUT2D eigenvalue weighted by atomic mass is 16.7. The predicted octanol–water partition coefficient (Wildman–Crippen LogP) is 0.0381. The molecule has 11 heteroatoms. The fourth-order valence-electron chi connectivity index (χ4n) is 3.77. The first-order chi connectivity index (χ1) is 15.1. The topological polar surface area (TPSA) is 186 Å². The Morgan fingerprint density at radius 2 is 1.59 bits per heavy atom. The Morgan fingerprint density at radius 3 is 2.28 bits per heavy atom. The number of rotatable bonds is 3. The number of hydrogen-bond acceptors (Lipinski definition) is 11. The van der Waals surface area contributed by atoms with Crippen molar-refractivity contribution in [1.82, 2.24) is 0 Å². The number of aliphatic hydroxyl groups excluding tert-OH is 3. The molecular weight excluding hydrogens is 428 g/mol.